The van der Waals surface area contributed by atoms with Crippen molar-refractivity contribution >= 4 is 11.9 Å². The highest BCUT2D eigenvalue weighted by Crippen LogP contribution is 2.40. The van der Waals surface area contributed by atoms with Crippen molar-refractivity contribution in [3.05, 3.63) is 11.4 Å². The van der Waals surface area contributed by atoms with Crippen molar-refractivity contribution in [2.75, 3.05) is 157 Å². The number of carboxylic acid groups (broad SMARTS) is 2. The first-order valence-electron chi connectivity index (χ1n) is 45.7. The van der Waals surface area contributed by atoms with Crippen molar-refractivity contribution in [1.82, 2.24) is 78.4 Å². The molecule has 0 aromatic heterocycles. The molecule has 696 valence electrons. The zero-order valence-electron chi connectivity index (χ0n) is 81.3. The lowest BCUT2D eigenvalue weighted by Gasteiger charge is -2.52. The van der Waals surface area contributed by atoms with Crippen molar-refractivity contribution < 1.29 is 46.1 Å². The fourth-order valence-corrected chi connectivity index (χ4v) is 17.6. The van der Waals surface area contributed by atoms with Gasteiger partial charge in [0.05, 0.1) is 19.0 Å². The number of nitrogens with zero attached hydrogens (tertiary/aromatic N) is 18. The third kappa shape index (κ3) is 38.0. The molecule has 0 amide bonds. The van der Waals surface area contributed by atoms with Crippen LogP contribution in [-0.4, -0.2) is 415 Å². The van der Waals surface area contributed by atoms with Crippen LogP contribution in [0, 0.1) is 17.9 Å². The second kappa shape index (κ2) is 54.7. The van der Waals surface area contributed by atoms with Gasteiger partial charge in [-0.2, -0.15) is 18.4 Å². The number of nitriles is 1. The van der Waals surface area contributed by atoms with E-state index in [9.17, 15) is 41.0 Å². The van der Waals surface area contributed by atoms with Gasteiger partial charge in [0.15, 0.2) is 6.30 Å². The first-order valence-corrected chi connectivity index (χ1v) is 45.7. The maximum atomic E-state index is 13.6. The number of carbonyl (C=O) groups is 2. The van der Waals surface area contributed by atoms with E-state index < -0.39 is 36.4 Å². The molecule has 8 saturated heterocycles. The van der Waals surface area contributed by atoms with E-state index in [-0.39, 0.29) is 61.8 Å². The Morgan fingerprint density at radius 2 is 0.729 bits per heavy atom. The normalized spacial score (nSPS) is 26.2. The predicted molar refractivity (Wildman–Crippen MR) is 479 cm³/mol. The summed E-state index contributed by atoms with van der Waals surface area (Å²) < 4.78 is 78.6. The zero-order valence-corrected chi connectivity index (χ0v) is 81.3. The summed E-state index contributed by atoms with van der Waals surface area (Å²) in [4.78, 5) is 61.4. The number of hydrogen-bond acceptors (Lipinski definition) is 19. The molecule has 8 unspecified atom stereocenters. The molecule has 8 fully saturated rings. The van der Waals surface area contributed by atoms with Crippen LogP contribution in [0.25, 0.3) is 4.85 Å². The van der Waals surface area contributed by atoms with E-state index in [1.54, 1.807) is 4.90 Å². The first kappa shape index (κ1) is 113. The van der Waals surface area contributed by atoms with Gasteiger partial charge >= 0.3 is 18.1 Å². The van der Waals surface area contributed by atoms with Crippen molar-refractivity contribution in [2.24, 2.45) is 0 Å². The Morgan fingerprint density at radius 3 is 1.07 bits per heavy atom. The van der Waals surface area contributed by atoms with Crippen LogP contribution in [0.2, 0.25) is 0 Å². The summed E-state index contributed by atoms with van der Waals surface area (Å²) in [6.45, 7) is 100. The molecule has 0 aromatic rings. The number of hydrogen-bond donors (Lipinski definition) is 2. The molecule has 0 spiro atoms. The molecule has 0 aromatic carbocycles. The van der Waals surface area contributed by atoms with Crippen LogP contribution < -0.4 is 0 Å². The molecule has 118 heavy (non-hydrogen) atoms. The smallest absolute Gasteiger partial charge is 0.407 e. The van der Waals surface area contributed by atoms with Crippen molar-refractivity contribution in [2.45, 2.75) is 406 Å². The van der Waals surface area contributed by atoms with Crippen molar-refractivity contribution in [1.29, 1.82) is 5.26 Å². The highest BCUT2D eigenvalue weighted by atomic mass is 19.4. The summed E-state index contributed by atoms with van der Waals surface area (Å²) in [6.07, 6.45) is -6.85. The van der Waals surface area contributed by atoms with Gasteiger partial charge in [-0.1, -0.05) is 0 Å². The molecule has 28 heteroatoms. The fourth-order valence-electron chi connectivity index (χ4n) is 17.6. The van der Waals surface area contributed by atoms with Gasteiger partial charge in [-0.15, -0.1) is 0 Å². The third-order valence-corrected chi connectivity index (χ3v) is 25.5. The molecule has 8 heterocycles. The topological polar surface area (TPSA) is 155 Å². The molecule has 0 bridgehead atoms. The van der Waals surface area contributed by atoms with E-state index in [1.165, 1.54) is 26.6 Å². The molecular formula is C90H180F6N18O4. The van der Waals surface area contributed by atoms with E-state index in [0.717, 1.165) is 111 Å². The number of alkyl halides is 6. The largest absolute Gasteiger partial charge is 0.481 e. The van der Waals surface area contributed by atoms with E-state index in [0.29, 0.717) is 111 Å². The molecule has 8 aliphatic heterocycles. The number of rotatable bonds is 21. The van der Waals surface area contributed by atoms with Gasteiger partial charge < -0.3 is 10.2 Å². The summed E-state index contributed by atoms with van der Waals surface area (Å²) in [7, 11) is 0. The van der Waals surface area contributed by atoms with E-state index in [1.807, 2.05) is 37.5 Å². The van der Waals surface area contributed by atoms with E-state index >= 15 is 0 Å². The summed E-state index contributed by atoms with van der Waals surface area (Å²) in [5, 5.41) is 27.2. The highest BCUT2D eigenvalue weighted by molar-refractivity contribution is 5.74. The number of halogens is 6. The fraction of sp³-hybridized carbons (Fsp3) is 0.956. The highest BCUT2D eigenvalue weighted by Gasteiger charge is 2.58. The minimum Gasteiger partial charge on any atom is -0.481 e. The summed E-state index contributed by atoms with van der Waals surface area (Å²) >= 11 is 0. The second-order valence-electron chi connectivity index (χ2n) is 39.0. The van der Waals surface area contributed by atoms with Crippen molar-refractivity contribution in [3.8, 4) is 6.07 Å². The zero-order chi connectivity index (χ0) is 91.0. The van der Waals surface area contributed by atoms with Gasteiger partial charge in [0.1, 0.15) is 17.6 Å². The van der Waals surface area contributed by atoms with Crippen LogP contribution in [0.1, 0.15) is 248 Å². The molecule has 0 aliphatic carbocycles. The van der Waals surface area contributed by atoms with Gasteiger partial charge in [0.25, 0.3) is 6.17 Å². The molecule has 22 nitrogen and oxygen atoms in total. The van der Waals surface area contributed by atoms with Crippen LogP contribution in [0.3, 0.4) is 0 Å². The van der Waals surface area contributed by atoms with Crippen LogP contribution >= 0.6 is 0 Å². The van der Waals surface area contributed by atoms with Crippen LogP contribution in [0.15, 0.2) is 0 Å². The Labute approximate surface area is 718 Å². The minimum absolute atomic E-state index is 0.00139. The quantitative estimate of drug-likeness (QED) is 0.0635. The SMILES string of the molecule is CC(C)N1CCN(C(C)C)C(C#N)C1.CC(C)N1CCN(C(C)C)C(C(=O)O)C1.CC(C)N1CCN(C(C)C)C(C)(C(F)(F)F)C1.CC(C)N1CCN(C(C)C)C(C)C1.CC(C)N1CCN(C(C)C)C(CC(=O)O)C1.CC(C)N1CCN(C(C)C)C(CC(F)F)C1.CC(C)N1CCN(C(C)C)C(F)C1.[C-]#[N+]C1CN(C(C)C)CCN1C(C)C. The summed E-state index contributed by atoms with van der Waals surface area (Å²) in [6, 6.07) is 9.86. The Morgan fingerprint density at radius 1 is 0.407 bits per heavy atom. The Bertz CT molecular complexity index is 2710. The number of aliphatic carboxylic acids is 2. The monoisotopic (exact) mass is 1690 g/mol. The number of carboxylic acids is 2. The lowest BCUT2D eigenvalue weighted by molar-refractivity contribution is -0.248. The van der Waals surface area contributed by atoms with Crippen LogP contribution in [0.4, 0.5) is 26.3 Å². The van der Waals surface area contributed by atoms with Gasteiger partial charge in [-0.25, -0.2) is 24.6 Å². The summed E-state index contributed by atoms with van der Waals surface area (Å²) in [5.41, 5.74) is -1.73. The minimum atomic E-state index is -4.19. The maximum absolute atomic E-state index is 13.6. The van der Waals surface area contributed by atoms with Crippen LogP contribution in [0.5, 0.6) is 0 Å². The maximum Gasteiger partial charge on any atom is 0.407 e. The molecular weight excluding hydrogens is 1510 g/mol. The Balaban J connectivity index is 0.000000675. The predicted octanol–water partition coefficient (Wildman–Crippen LogP) is 13.8. The van der Waals surface area contributed by atoms with Gasteiger partial charge in [0.2, 0.25) is 6.43 Å². The van der Waals surface area contributed by atoms with Gasteiger partial charge in [-0.3, -0.25) is 87.9 Å². The van der Waals surface area contributed by atoms with E-state index in [4.69, 9.17) is 16.9 Å². The number of piperazine rings is 8. The molecule has 8 rings (SSSR count). The molecule has 8 aliphatic rings. The lowest BCUT2D eigenvalue weighted by Crippen LogP contribution is -2.69. The Kier molecular flexibility index (Phi) is 52.3. The van der Waals surface area contributed by atoms with Crippen LogP contribution in [-0.2, 0) is 9.59 Å². The van der Waals surface area contributed by atoms with Gasteiger partial charge in [-0.05, 0) is 235 Å². The second-order valence-corrected chi connectivity index (χ2v) is 39.0. The lowest BCUT2D eigenvalue weighted by atomic mass is 9.93. The molecule has 2 N–H and O–H groups in total. The average molecular weight is 1690 g/mol. The van der Waals surface area contributed by atoms with E-state index in [2.05, 4.69) is 275 Å². The molecule has 0 saturated carbocycles. The molecule has 0 radical (unpaired) electrons. The average Bonchev–Trinajstić information content (AvgIpc) is 0.758. The summed E-state index contributed by atoms with van der Waals surface area (Å²) in [5.74, 6) is -1.39. The molecule has 8 atom stereocenters. The van der Waals surface area contributed by atoms with Crippen molar-refractivity contribution in [3.63, 3.8) is 0 Å². The standard InChI is InChI=1S/C12H23F3N2.C12H24F2N2.C12H24N2O2.2C11H21N3.C11H22N2O2.C11H24N2.C10H21FN2/c1-9(2)16-6-7-17(10(3)4)11(5,8-16)12(13,14)15;1-9(2)15-5-6-16(10(3)4)11(8-15)7-12(13)14;1-9(2)13-5-6-14(10(3)4)11(8-13)7-12(15)16;1-9(2)13-6-7-14(10(3)4)11(8-13)12-5;1-9(2)13-5-6-14(10(3)4)11(7-12)8-13;1-8(2)12-5-6-13(9(3)4)10(7-12)11(14)15;1-9(2)12-6-7-13(10(3)4)11(5)8-12;1-8(2)12-5-6-13(9(3)4)10(11)7-12/h9-10H,6-8H2,1-5H3;9-12H,5-8H2,1-4H3;9-11H,5-8H2,1-4H3,(H,15,16);9-11H,6-8H2,1-4H3;9-11H,5-6,8H2,1-4H3;8-10H,5-7H2,1-4H3,(H,14,15);9-11H,6-8H2,1-5H3;8-10H,5-7H2,1-4H3. The third-order valence-electron chi connectivity index (χ3n) is 25.5. The Hall–Kier alpha value is -3.14. The first-order chi connectivity index (χ1) is 54.5. The van der Waals surface area contributed by atoms with Gasteiger partial charge in [0, 0.05) is 272 Å².